The second-order valence-corrected chi connectivity index (χ2v) is 10.9. The Hall–Kier alpha value is -1.18. The van der Waals surface area contributed by atoms with Crippen molar-refractivity contribution in [2.24, 2.45) is 0 Å². The van der Waals surface area contributed by atoms with Crippen molar-refractivity contribution in [3.8, 4) is 6.07 Å². The Balaban J connectivity index is 2.70. The standard InChI is InChI=1S/C13H19FN2Si/c1-17(2,3)11-16(8-7-15)10-12-5-4-6-13(14)9-12/h4-6,9H,8,10-11H2,1-3H3. The molecule has 0 saturated carbocycles. The topological polar surface area (TPSA) is 27.0 Å². The first-order valence-corrected chi connectivity index (χ1v) is 9.45. The minimum Gasteiger partial charge on any atom is -0.289 e. The van der Waals surface area contributed by atoms with E-state index in [-0.39, 0.29) is 5.82 Å². The molecular formula is C13H19FN2Si. The summed E-state index contributed by atoms with van der Waals surface area (Å²) in [6, 6.07) is 8.77. The SMILES string of the molecule is C[Si](C)(C)CN(CC#N)Cc1cccc(F)c1. The molecule has 1 rings (SSSR count). The fourth-order valence-electron chi connectivity index (χ4n) is 1.83. The largest absolute Gasteiger partial charge is 0.289 e. The van der Waals surface area contributed by atoms with Crippen molar-refractivity contribution in [1.82, 2.24) is 4.90 Å². The van der Waals surface area contributed by atoms with Crippen molar-refractivity contribution in [2.45, 2.75) is 26.2 Å². The lowest BCUT2D eigenvalue weighted by Gasteiger charge is -2.26. The van der Waals surface area contributed by atoms with Gasteiger partial charge >= 0.3 is 0 Å². The van der Waals surface area contributed by atoms with Gasteiger partial charge in [-0.3, -0.25) is 4.90 Å². The molecule has 0 bridgehead atoms. The van der Waals surface area contributed by atoms with Gasteiger partial charge in [-0.1, -0.05) is 31.8 Å². The van der Waals surface area contributed by atoms with E-state index < -0.39 is 8.07 Å². The molecule has 0 saturated heterocycles. The van der Waals surface area contributed by atoms with Crippen LogP contribution in [-0.4, -0.2) is 25.7 Å². The first-order valence-electron chi connectivity index (χ1n) is 5.74. The summed E-state index contributed by atoms with van der Waals surface area (Å²) >= 11 is 0. The van der Waals surface area contributed by atoms with Gasteiger partial charge in [-0.05, 0) is 23.9 Å². The molecule has 0 aliphatic heterocycles. The highest BCUT2D eigenvalue weighted by atomic mass is 28.3. The molecule has 0 amide bonds. The summed E-state index contributed by atoms with van der Waals surface area (Å²) in [5.74, 6) is -0.215. The van der Waals surface area contributed by atoms with Crippen LogP contribution in [0.15, 0.2) is 24.3 Å². The van der Waals surface area contributed by atoms with Crippen molar-refractivity contribution in [1.29, 1.82) is 5.26 Å². The van der Waals surface area contributed by atoms with Crippen molar-refractivity contribution in [2.75, 3.05) is 12.7 Å². The highest BCUT2D eigenvalue weighted by Gasteiger charge is 2.18. The van der Waals surface area contributed by atoms with Crippen LogP contribution in [0.3, 0.4) is 0 Å². The molecule has 0 aromatic heterocycles. The number of hydrogen-bond donors (Lipinski definition) is 0. The van der Waals surface area contributed by atoms with E-state index in [9.17, 15) is 4.39 Å². The lowest BCUT2D eigenvalue weighted by Crippen LogP contribution is -2.40. The molecule has 0 fully saturated rings. The van der Waals surface area contributed by atoms with Crippen LogP contribution in [0.5, 0.6) is 0 Å². The fraction of sp³-hybridized carbons (Fsp3) is 0.462. The van der Waals surface area contributed by atoms with E-state index in [2.05, 4.69) is 30.6 Å². The van der Waals surface area contributed by atoms with E-state index in [1.807, 2.05) is 6.07 Å². The summed E-state index contributed by atoms with van der Waals surface area (Å²) in [5.41, 5.74) is 0.929. The van der Waals surface area contributed by atoms with Crippen LogP contribution in [0.4, 0.5) is 4.39 Å². The molecule has 0 aliphatic rings. The third kappa shape index (κ3) is 5.62. The van der Waals surface area contributed by atoms with Crippen LogP contribution in [0.2, 0.25) is 19.6 Å². The molecule has 0 unspecified atom stereocenters. The number of nitriles is 1. The number of nitrogens with zero attached hydrogens (tertiary/aromatic N) is 2. The smallest absolute Gasteiger partial charge is 0.123 e. The lowest BCUT2D eigenvalue weighted by molar-refractivity contribution is 0.341. The van der Waals surface area contributed by atoms with Gasteiger partial charge in [-0.2, -0.15) is 5.26 Å². The Morgan fingerprint density at radius 3 is 2.59 bits per heavy atom. The molecule has 2 nitrogen and oxygen atoms in total. The Morgan fingerprint density at radius 1 is 1.35 bits per heavy atom. The fourth-order valence-corrected chi connectivity index (χ4v) is 3.40. The van der Waals surface area contributed by atoms with Gasteiger partial charge in [-0.15, -0.1) is 0 Å². The van der Waals surface area contributed by atoms with Crippen LogP contribution in [0.25, 0.3) is 0 Å². The summed E-state index contributed by atoms with van der Waals surface area (Å²) in [7, 11) is -1.24. The van der Waals surface area contributed by atoms with Gasteiger partial charge in [0.25, 0.3) is 0 Å². The van der Waals surface area contributed by atoms with Crippen LogP contribution in [0.1, 0.15) is 5.56 Å². The maximum absolute atomic E-state index is 13.1. The molecule has 0 aliphatic carbocycles. The molecule has 17 heavy (non-hydrogen) atoms. The first-order chi connectivity index (χ1) is 7.90. The van der Waals surface area contributed by atoms with E-state index in [0.717, 1.165) is 11.7 Å². The molecule has 0 spiro atoms. The van der Waals surface area contributed by atoms with Crippen molar-refractivity contribution in [3.05, 3.63) is 35.6 Å². The van der Waals surface area contributed by atoms with E-state index >= 15 is 0 Å². The van der Waals surface area contributed by atoms with E-state index in [4.69, 9.17) is 5.26 Å². The summed E-state index contributed by atoms with van der Waals surface area (Å²) in [6.45, 7) is 7.85. The molecule has 0 N–H and O–H groups in total. The predicted octanol–water partition coefficient (Wildman–Crippen LogP) is 3.03. The Morgan fingerprint density at radius 2 is 2.06 bits per heavy atom. The molecule has 0 heterocycles. The number of benzene rings is 1. The minimum absolute atomic E-state index is 0.215. The van der Waals surface area contributed by atoms with Gasteiger partial charge in [0.1, 0.15) is 5.82 Å². The quantitative estimate of drug-likeness (QED) is 0.593. The Labute approximate surface area is 104 Å². The average molecular weight is 250 g/mol. The van der Waals surface area contributed by atoms with E-state index in [1.165, 1.54) is 12.1 Å². The van der Waals surface area contributed by atoms with Crippen LogP contribution >= 0.6 is 0 Å². The van der Waals surface area contributed by atoms with Crippen LogP contribution < -0.4 is 0 Å². The zero-order chi connectivity index (χ0) is 12.9. The second-order valence-electron chi connectivity index (χ2n) is 5.49. The summed E-state index contributed by atoms with van der Waals surface area (Å²) in [4.78, 5) is 2.10. The summed E-state index contributed by atoms with van der Waals surface area (Å²) in [6.07, 6.45) is 0.955. The van der Waals surface area contributed by atoms with Crippen molar-refractivity contribution >= 4 is 8.07 Å². The van der Waals surface area contributed by atoms with E-state index in [1.54, 1.807) is 6.07 Å². The lowest BCUT2D eigenvalue weighted by atomic mass is 10.2. The minimum atomic E-state index is -1.24. The second kappa shape index (κ2) is 5.94. The van der Waals surface area contributed by atoms with Crippen LogP contribution in [0, 0.1) is 17.1 Å². The molecule has 4 heteroatoms. The number of halogens is 1. The normalized spacial score (nSPS) is 11.5. The van der Waals surface area contributed by atoms with Gasteiger partial charge in [0.2, 0.25) is 0 Å². The molecule has 1 aromatic carbocycles. The van der Waals surface area contributed by atoms with Gasteiger partial charge in [0.05, 0.1) is 20.7 Å². The number of hydrogen-bond acceptors (Lipinski definition) is 2. The van der Waals surface area contributed by atoms with Gasteiger partial charge < -0.3 is 0 Å². The van der Waals surface area contributed by atoms with Crippen molar-refractivity contribution < 1.29 is 4.39 Å². The zero-order valence-electron chi connectivity index (χ0n) is 10.7. The highest BCUT2D eigenvalue weighted by Crippen LogP contribution is 2.10. The van der Waals surface area contributed by atoms with Crippen molar-refractivity contribution in [3.63, 3.8) is 0 Å². The van der Waals surface area contributed by atoms with Gasteiger partial charge in [-0.25, -0.2) is 4.39 Å². The zero-order valence-corrected chi connectivity index (χ0v) is 11.7. The maximum Gasteiger partial charge on any atom is 0.123 e. The van der Waals surface area contributed by atoms with E-state index in [0.29, 0.717) is 13.1 Å². The Kier molecular flexibility index (Phi) is 4.85. The molecule has 1 aromatic rings. The third-order valence-corrected chi connectivity index (χ3v) is 3.68. The average Bonchev–Trinajstić information content (AvgIpc) is 2.15. The molecule has 92 valence electrons. The summed E-state index contributed by atoms with van der Waals surface area (Å²) in [5, 5.41) is 8.82. The molecule has 0 radical (unpaired) electrons. The van der Waals surface area contributed by atoms with Gasteiger partial charge in [0.15, 0.2) is 0 Å². The van der Waals surface area contributed by atoms with Crippen LogP contribution in [-0.2, 0) is 6.54 Å². The predicted molar refractivity (Wildman–Crippen MR) is 70.6 cm³/mol. The first kappa shape index (κ1) is 13.9. The van der Waals surface area contributed by atoms with Gasteiger partial charge in [0, 0.05) is 6.54 Å². The molecule has 0 atom stereocenters. The molecular weight excluding hydrogens is 231 g/mol. The number of rotatable bonds is 5. The third-order valence-electron chi connectivity index (χ3n) is 2.29. The highest BCUT2D eigenvalue weighted by molar-refractivity contribution is 6.76. The summed E-state index contributed by atoms with van der Waals surface area (Å²) < 4.78 is 13.1. The monoisotopic (exact) mass is 250 g/mol. The maximum atomic E-state index is 13.1. The Bertz CT molecular complexity index is 407.